The fraction of sp³-hybridized carbons (Fsp3) is 0.409. The Morgan fingerprint density at radius 1 is 1.17 bits per heavy atom. The number of aromatic nitrogens is 2. The van der Waals surface area contributed by atoms with Gasteiger partial charge in [0.05, 0.1) is 10.9 Å². The molecule has 3 aromatic heterocycles. The van der Waals surface area contributed by atoms with Crippen LogP contribution < -0.4 is 10.5 Å². The maximum atomic E-state index is 13.4. The predicted octanol–water partition coefficient (Wildman–Crippen LogP) is 3.38. The number of amides is 1. The maximum absolute atomic E-state index is 13.4. The molecule has 1 aliphatic rings. The van der Waals surface area contributed by atoms with E-state index in [1.165, 1.54) is 11.3 Å². The first kappa shape index (κ1) is 19.6. The maximum Gasteiger partial charge on any atom is 0.260 e. The predicted molar refractivity (Wildman–Crippen MR) is 118 cm³/mol. The molecular weight excluding hydrogens is 384 g/mol. The molecule has 1 saturated heterocycles. The highest BCUT2D eigenvalue weighted by atomic mass is 32.1. The molecule has 4 heterocycles. The molecule has 0 spiro atoms. The van der Waals surface area contributed by atoms with Crippen LogP contribution in [0.25, 0.3) is 10.1 Å². The van der Waals surface area contributed by atoms with Crippen molar-refractivity contribution in [2.75, 3.05) is 31.1 Å². The fourth-order valence-electron chi connectivity index (χ4n) is 3.90. The van der Waals surface area contributed by atoms with Gasteiger partial charge in [-0.2, -0.15) is 0 Å². The summed E-state index contributed by atoms with van der Waals surface area (Å²) in [6, 6.07) is 7.83. The van der Waals surface area contributed by atoms with Gasteiger partial charge in [0.25, 0.3) is 11.5 Å². The number of carbonyl (C=O) groups is 1. The van der Waals surface area contributed by atoms with Crippen molar-refractivity contribution >= 4 is 33.1 Å². The van der Waals surface area contributed by atoms with Crippen molar-refractivity contribution < 1.29 is 4.79 Å². The van der Waals surface area contributed by atoms with Gasteiger partial charge in [-0.1, -0.05) is 19.9 Å². The molecule has 29 heavy (non-hydrogen) atoms. The Hall–Kier alpha value is -2.67. The largest absolute Gasteiger partial charge is 0.353 e. The van der Waals surface area contributed by atoms with Crippen LogP contribution in [0.1, 0.15) is 29.1 Å². The van der Waals surface area contributed by atoms with Crippen LogP contribution in [0.2, 0.25) is 0 Å². The minimum Gasteiger partial charge on any atom is -0.353 e. The zero-order valence-corrected chi connectivity index (χ0v) is 17.9. The highest BCUT2D eigenvalue weighted by Gasteiger charge is 2.27. The van der Waals surface area contributed by atoms with E-state index < -0.39 is 0 Å². The van der Waals surface area contributed by atoms with E-state index in [4.69, 9.17) is 0 Å². The Morgan fingerprint density at radius 2 is 1.93 bits per heavy atom. The van der Waals surface area contributed by atoms with Gasteiger partial charge in [-0.05, 0) is 31.0 Å². The molecule has 1 aliphatic heterocycles. The van der Waals surface area contributed by atoms with Gasteiger partial charge in [0.15, 0.2) is 0 Å². The van der Waals surface area contributed by atoms with Crippen molar-refractivity contribution in [3.63, 3.8) is 0 Å². The molecule has 0 radical (unpaired) electrons. The Balaban J connectivity index is 1.60. The molecule has 1 fully saturated rings. The number of hydrogen-bond donors (Lipinski definition) is 0. The van der Waals surface area contributed by atoms with Gasteiger partial charge in [-0.3, -0.25) is 9.59 Å². The third kappa shape index (κ3) is 3.79. The van der Waals surface area contributed by atoms with Gasteiger partial charge >= 0.3 is 0 Å². The molecule has 0 aliphatic carbocycles. The number of piperazine rings is 1. The number of nitrogens with zero attached hydrogens (tertiary/aromatic N) is 4. The normalized spacial score (nSPS) is 14.8. The van der Waals surface area contributed by atoms with Crippen LogP contribution >= 0.6 is 11.3 Å². The molecule has 6 nitrogen and oxygen atoms in total. The van der Waals surface area contributed by atoms with Crippen LogP contribution in [-0.2, 0) is 6.54 Å². The Labute approximate surface area is 174 Å². The molecular formula is C22H26N4O2S. The summed E-state index contributed by atoms with van der Waals surface area (Å²) in [6.45, 7) is 9.49. The van der Waals surface area contributed by atoms with Crippen LogP contribution in [0.4, 0.5) is 5.82 Å². The van der Waals surface area contributed by atoms with Crippen molar-refractivity contribution in [3.05, 3.63) is 57.5 Å². The van der Waals surface area contributed by atoms with Gasteiger partial charge in [0.1, 0.15) is 5.82 Å². The Bertz CT molecular complexity index is 1080. The summed E-state index contributed by atoms with van der Waals surface area (Å²) in [5.74, 6) is 1.27. The lowest BCUT2D eigenvalue weighted by molar-refractivity contribution is 0.0748. The lowest BCUT2D eigenvalue weighted by Gasteiger charge is -2.35. The van der Waals surface area contributed by atoms with Crippen molar-refractivity contribution in [2.45, 2.75) is 27.3 Å². The third-order valence-electron chi connectivity index (χ3n) is 5.31. The molecule has 152 valence electrons. The first-order valence-corrected chi connectivity index (χ1v) is 10.8. The number of rotatable bonds is 4. The summed E-state index contributed by atoms with van der Waals surface area (Å²) < 4.78 is 2.62. The molecule has 7 heteroatoms. The first-order valence-electron chi connectivity index (χ1n) is 10.0. The lowest BCUT2D eigenvalue weighted by atomic mass is 10.1. The number of carbonyl (C=O) groups excluding carboxylic acids is 1. The lowest BCUT2D eigenvalue weighted by Crippen LogP contribution is -2.49. The number of hydrogen-bond acceptors (Lipinski definition) is 5. The SMILES string of the molecule is Cc1sc2ccn(CC(C)C)c(=O)c2c1C(=O)N1CCN(c2ccccn2)CC1. The van der Waals surface area contributed by atoms with Gasteiger partial charge < -0.3 is 14.4 Å². The second-order valence-corrected chi connectivity index (χ2v) is 9.16. The van der Waals surface area contributed by atoms with E-state index in [1.807, 2.05) is 42.3 Å². The summed E-state index contributed by atoms with van der Waals surface area (Å²) in [5.41, 5.74) is 0.524. The summed E-state index contributed by atoms with van der Waals surface area (Å²) >= 11 is 1.53. The second-order valence-electron chi connectivity index (χ2n) is 7.91. The average Bonchev–Trinajstić information content (AvgIpc) is 3.07. The molecule has 0 aromatic carbocycles. The van der Waals surface area contributed by atoms with Crippen LogP contribution in [-0.4, -0.2) is 46.5 Å². The zero-order chi connectivity index (χ0) is 20.5. The molecule has 0 unspecified atom stereocenters. The molecule has 3 aromatic rings. The summed E-state index contributed by atoms with van der Waals surface area (Å²) in [6.07, 6.45) is 3.64. The van der Waals surface area contributed by atoms with Crippen LogP contribution in [0.15, 0.2) is 41.5 Å². The quantitative estimate of drug-likeness (QED) is 0.662. The highest BCUT2D eigenvalue weighted by Crippen LogP contribution is 2.30. The van der Waals surface area contributed by atoms with E-state index >= 15 is 0 Å². The Kier molecular flexibility index (Phi) is 5.41. The highest BCUT2D eigenvalue weighted by molar-refractivity contribution is 7.19. The average molecular weight is 411 g/mol. The second kappa shape index (κ2) is 7.99. The van der Waals surface area contributed by atoms with Gasteiger partial charge in [-0.15, -0.1) is 11.3 Å². The van der Waals surface area contributed by atoms with Crippen molar-refractivity contribution in [2.24, 2.45) is 5.92 Å². The van der Waals surface area contributed by atoms with E-state index in [9.17, 15) is 9.59 Å². The van der Waals surface area contributed by atoms with E-state index in [2.05, 4.69) is 23.7 Å². The smallest absolute Gasteiger partial charge is 0.260 e. The summed E-state index contributed by atoms with van der Waals surface area (Å²) in [4.78, 5) is 35.9. The number of pyridine rings is 2. The molecule has 0 N–H and O–H groups in total. The molecule has 1 amide bonds. The molecule has 0 atom stereocenters. The standard InChI is InChI=1S/C22H26N4O2S/c1-15(2)14-26-9-7-17-20(22(26)28)19(16(3)29-17)21(27)25-12-10-24(11-13-25)18-6-4-5-8-23-18/h4-9,15H,10-14H2,1-3H3. The van der Waals surface area contributed by atoms with Crippen molar-refractivity contribution in [3.8, 4) is 0 Å². The van der Waals surface area contributed by atoms with E-state index in [1.54, 1.807) is 10.8 Å². The summed E-state index contributed by atoms with van der Waals surface area (Å²) in [7, 11) is 0. The van der Waals surface area contributed by atoms with E-state index in [0.29, 0.717) is 36.5 Å². The summed E-state index contributed by atoms with van der Waals surface area (Å²) in [5, 5.41) is 0.577. The van der Waals surface area contributed by atoms with Crippen LogP contribution in [0.3, 0.4) is 0 Å². The number of aryl methyl sites for hydroxylation is 1. The fourth-order valence-corrected chi connectivity index (χ4v) is 4.94. The topological polar surface area (TPSA) is 58.4 Å². The van der Waals surface area contributed by atoms with Gasteiger partial charge in [0.2, 0.25) is 0 Å². The minimum atomic E-state index is -0.0592. The van der Waals surface area contributed by atoms with Crippen molar-refractivity contribution in [1.82, 2.24) is 14.5 Å². The van der Waals surface area contributed by atoms with Crippen LogP contribution in [0, 0.1) is 12.8 Å². The molecule has 4 rings (SSSR count). The van der Waals surface area contributed by atoms with Crippen molar-refractivity contribution in [1.29, 1.82) is 0 Å². The van der Waals surface area contributed by atoms with Gasteiger partial charge in [-0.25, -0.2) is 4.98 Å². The third-order valence-corrected chi connectivity index (χ3v) is 6.38. The van der Waals surface area contributed by atoms with Crippen LogP contribution in [0.5, 0.6) is 0 Å². The van der Waals surface area contributed by atoms with E-state index in [0.717, 1.165) is 28.5 Å². The first-order chi connectivity index (χ1) is 14.0. The Morgan fingerprint density at radius 3 is 2.59 bits per heavy atom. The minimum absolute atomic E-state index is 0.0335. The monoisotopic (exact) mass is 410 g/mol. The molecule has 0 saturated carbocycles. The number of fused-ring (bicyclic) bond motifs is 1. The van der Waals surface area contributed by atoms with E-state index in [-0.39, 0.29) is 11.5 Å². The van der Waals surface area contributed by atoms with Gasteiger partial charge in [0, 0.05) is 54.7 Å². The number of anilines is 1. The number of thiophene rings is 1. The molecule has 0 bridgehead atoms. The zero-order valence-electron chi connectivity index (χ0n) is 17.1.